The van der Waals surface area contributed by atoms with Crippen molar-refractivity contribution in [1.29, 1.82) is 0 Å². The number of aromatic nitrogens is 2. The van der Waals surface area contributed by atoms with E-state index in [1.54, 1.807) is 7.11 Å². The van der Waals surface area contributed by atoms with Gasteiger partial charge in [-0.15, -0.1) is 0 Å². The van der Waals surface area contributed by atoms with E-state index in [-0.39, 0.29) is 0 Å². The molecule has 0 radical (unpaired) electrons. The third kappa shape index (κ3) is 1.92. The van der Waals surface area contributed by atoms with E-state index in [2.05, 4.69) is 22.5 Å². The fourth-order valence-electron chi connectivity index (χ4n) is 4.72. The lowest BCUT2D eigenvalue weighted by molar-refractivity contribution is 0.248. The first kappa shape index (κ1) is 13.0. The van der Waals surface area contributed by atoms with E-state index in [0.29, 0.717) is 12.0 Å². The van der Waals surface area contributed by atoms with E-state index in [4.69, 9.17) is 10.5 Å². The number of ether oxygens (including phenoxy) is 1. The van der Waals surface area contributed by atoms with Gasteiger partial charge >= 0.3 is 0 Å². The third-order valence-electron chi connectivity index (χ3n) is 5.74. The minimum absolute atomic E-state index is 0.414. The summed E-state index contributed by atoms with van der Waals surface area (Å²) < 4.78 is 7.58. The molecule has 1 aromatic carbocycles. The summed E-state index contributed by atoms with van der Waals surface area (Å²) in [4.78, 5) is 4.53. The highest BCUT2D eigenvalue weighted by Gasteiger charge is 2.42. The van der Waals surface area contributed by atoms with Crippen LogP contribution in [0.3, 0.4) is 0 Å². The number of hydrogen-bond acceptors (Lipinski definition) is 3. The normalized spacial score (nSPS) is 29.1. The number of rotatable bonds is 3. The van der Waals surface area contributed by atoms with Crippen LogP contribution in [0, 0.1) is 17.8 Å². The monoisotopic (exact) mass is 285 g/mol. The number of nitrogens with zero attached hydrogens (tertiary/aromatic N) is 2. The average molecular weight is 285 g/mol. The molecule has 2 aliphatic carbocycles. The summed E-state index contributed by atoms with van der Waals surface area (Å²) in [5.41, 5.74) is 8.28. The fourth-order valence-corrected chi connectivity index (χ4v) is 4.72. The lowest BCUT2D eigenvalue weighted by Gasteiger charge is -2.29. The van der Waals surface area contributed by atoms with Gasteiger partial charge in [0.15, 0.2) is 0 Å². The number of nitrogen functional groups attached to an aromatic ring is 1. The first-order valence-electron chi connectivity index (χ1n) is 7.99. The molecule has 2 fully saturated rings. The van der Waals surface area contributed by atoms with Crippen LogP contribution in [0.5, 0.6) is 5.75 Å². The molecule has 4 atom stereocenters. The molecular weight excluding hydrogens is 262 g/mol. The number of fused-ring (bicyclic) bond motifs is 3. The standard InChI is InChI=1S/C17H23N3O/c1-10(14-8-11-3-4-12(14)7-11)20-16-9-13(21-2)5-6-15(16)19-17(20)18/h5-6,9-12,14H,3-4,7-8H2,1-2H3,(H2,18,19). The Morgan fingerprint density at radius 3 is 2.86 bits per heavy atom. The maximum Gasteiger partial charge on any atom is 0.201 e. The average Bonchev–Trinajstić information content (AvgIpc) is 3.18. The number of benzene rings is 1. The Balaban J connectivity index is 1.76. The van der Waals surface area contributed by atoms with Crippen LogP contribution in [0.2, 0.25) is 0 Å². The molecule has 21 heavy (non-hydrogen) atoms. The van der Waals surface area contributed by atoms with Crippen molar-refractivity contribution >= 4 is 17.0 Å². The molecular formula is C17H23N3O. The zero-order valence-corrected chi connectivity index (χ0v) is 12.7. The maximum absolute atomic E-state index is 6.22. The number of anilines is 1. The Morgan fingerprint density at radius 2 is 2.19 bits per heavy atom. The van der Waals surface area contributed by atoms with Crippen molar-refractivity contribution < 1.29 is 4.74 Å². The van der Waals surface area contributed by atoms with Gasteiger partial charge in [0.25, 0.3) is 0 Å². The first-order valence-corrected chi connectivity index (χ1v) is 7.99. The Bertz CT molecular complexity index is 678. The Hall–Kier alpha value is -1.71. The molecule has 4 nitrogen and oxygen atoms in total. The van der Waals surface area contributed by atoms with Gasteiger partial charge in [0.05, 0.1) is 18.1 Å². The summed E-state index contributed by atoms with van der Waals surface area (Å²) >= 11 is 0. The lowest BCUT2D eigenvalue weighted by Crippen LogP contribution is -2.23. The summed E-state index contributed by atoms with van der Waals surface area (Å²) in [6.07, 6.45) is 5.61. The van der Waals surface area contributed by atoms with Gasteiger partial charge in [-0.3, -0.25) is 0 Å². The topological polar surface area (TPSA) is 53.1 Å². The van der Waals surface area contributed by atoms with E-state index in [9.17, 15) is 0 Å². The molecule has 4 heteroatoms. The summed E-state index contributed by atoms with van der Waals surface area (Å²) in [7, 11) is 1.70. The van der Waals surface area contributed by atoms with Crippen LogP contribution in [-0.4, -0.2) is 16.7 Å². The van der Waals surface area contributed by atoms with E-state index < -0.39 is 0 Å². The zero-order valence-electron chi connectivity index (χ0n) is 12.7. The van der Waals surface area contributed by atoms with E-state index >= 15 is 0 Å². The fraction of sp³-hybridized carbons (Fsp3) is 0.588. The van der Waals surface area contributed by atoms with Crippen LogP contribution in [-0.2, 0) is 0 Å². The van der Waals surface area contributed by atoms with Gasteiger partial charge in [-0.25, -0.2) is 4.98 Å². The minimum atomic E-state index is 0.414. The molecule has 2 N–H and O–H groups in total. The minimum Gasteiger partial charge on any atom is -0.497 e. The molecule has 2 saturated carbocycles. The Labute approximate surface area is 125 Å². The van der Waals surface area contributed by atoms with Gasteiger partial charge in [-0.2, -0.15) is 0 Å². The van der Waals surface area contributed by atoms with Crippen LogP contribution in [0.15, 0.2) is 18.2 Å². The molecule has 0 aliphatic heterocycles. The number of methoxy groups -OCH3 is 1. The van der Waals surface area contributed by atoms with Crippen molar-refractivity contribution in [2.45, 2.75) is 38.6 Å². The summed E-state index contributed by atoms with van der Waals surface area (Å²) in [5.74, 6) is 4.08. The number of imidazole rings is 1. The number of nitrogens with two attached hydrogens (primary N) is 1. The molecule has 2 bridgehead atoms. The maximum atomic E-state index is 6.22. The SMILES string of the molecule is COc1ccc2nc(N)n(C(C)C3CC4CCC3C4)c2c1. The van der Waals surface area contributed by atoms with Crippen molar-refractivity contribution in [3.05, 3.63) is 18.2 Å². The molecule has 0 amide bonds. The van der Waals surface area contributed by atoms with Crippen LogP contribution < -0.4 is 10.5 Å². The highest BCUT2D eigenvalue weighted by atomic mass is 16.5. The van der Waals surface area contributed by atoms with Gasteiger partial charge in [0.2, 0.25) is 5.95 Å². The predicted molar refractivity (Wildman–Crippen MR) is 84.3 cm³/mol. The molecule has 2 aliphatic rings. The van der Waals surface area contributed by atoms with Crippen molar-refractivity contribution in [2.75, 3.05) is 12.8 Å². The summed E-state index contributed by atoms with van der Waals surface area (Å²) in [6.45, 7) is 2.31. The molecule has 0 saturated heterocycles. The molecule has 0 spiro atoms. The van der Waals surface area contributed by atoms with Crippen molar-refractivity contribution in [3.63, 3.8) is 0 Å². The quantitative estimate of drug-likeness (QED) is 0.937. The van der Waals surface area contributed by atoms with E-state index in [0.717, 1.165) is 34.5 Å². The van der Waals surface area contributed by atoms with Crippen LogP contribution in [0.25, 0.3) is 11.0 Å². The van der Waals surface area contributed by atoms with Gasteiger partial charge in [0.1, 0.15) is 5.75 Å². The highest BCUT2D eigenvalue weighted by molar-refractivity contribution is 5.80. The molecule has 112 valence electrons. The van der Waals surface area contributed by atoms with Crippen LogP contribution in [0.1, 0.15) is 38.6 Å². The summed E-state index contributed by atoms with van der Waals surface area (Å²) in [5, 5.41) is 0. The lowest BCUT2D eigenvalue weighted by atomic mass is 9.84. The van der Waals surface area contributed by atoms with Gasteiger partial charge < -0.3 is 15.0 Å². The predicted octanol–water partition coefficient (Wildman–Crippen LogP) is 3.62. The second-order valence-electron chi connectivity index (χ2n) is 6.77. The Kier molecular flexibility index (Phi) is 2.88. The van der Waals surface area contributed by atoms with Crippen molar-refractivity contribution in [3.8, 4) is 5.75 Å². The third-order valence-corrected chi connectivity index (χ3v) is 5.74. The van der Waals surface area contributed by atoms with Crippen LogP contribution >= 0.6 is 0 Å². The summed E-state index contributed by atoms with van der Waals surface area (Å²) in [6, 6.07) is 6.41. The molecule has 4 unspecified atom stereocenters. The molecule has 4 rings (SSSR count). The van der Waals surface area contributed by atoms with E-state index in [1.165, 1.54) is 25.7 Å². The first-order chi connectivity index (χ1) is 10.2. The van der Waals surface area contributed by atoms with Gasteiger partial charge in [0, 0.05) is 12.1 Å². The van der Waals surface area contributed by atoms with Crippen LogP contribution in [0.4, 0.5) is 5.95 Å². The molecule has 1 heterocycles. The van der Waals surface area contributed by atoms with Crippen molar-refractivity contribution in [2.24, 2.45) is 17.8 Å². The highest BCUT2D eigenvalue weighted by Crippen LogP contribution is 2.52. The largest absolute Gasteiger partial charge is 0.497 e. The Morgan fingerprint density at radius 1 is 1.33 bits per heavy atom. The van der Waals surface area contributed by atoms with E-state index in [1.807, 2.05) is 12.1 Å². The van der Waals surface area contributed by atoms with Crippen molar-refractivity contribution in [1.82, 2.24) is 9.55 Å². The number of hydrogen-bond donors (Lipinski definition) is 1. The second kappa shape index (κ2) is 4.65. The zero-order chi connectivity index (χ0) is 14.6. The second-order valence-corrected chi connectivity index (χ2v) is 6.77. The smallest absolute Gasteiger partial charge is 0.201 e. The van der Waals surface area contributed by atoms with Gasteiger partial charge in [-0.05, 0) is 56.1 Å². The molecule has 2 aromatic rings. The molecule has 1 aromatic heterocycles. The van der Waals surface area contributed by atoms with Gasteiger partial charge in [-0.1, -0.05) is 6.42 Å².